The van der Waals surface area contributed by atoms with Crippen molar-refractivity contribution in [1.82, 2.24) is 5.32 Å². The molecule has 0 spiro atoms. The fourth-order valence-corrected chi connectivity index (χ4v) is 3.89. The third-order valence-electron chi connectivity index (χ3n) is 5.09. The Bertz CT molecular complexity index is 738. The molecule has 7 nitrogen and oxygen atoms in total. The van der Waals surface area contributed by atoms with Crippen molar-refractivity contribution >= 4 is 35.1 Å². The van der Waals surface area contributed by atoms with Gasteiger partial charge in [-0.05, 0) is 31.0 Å². The first-order valence-electron chi connectivity index (χ1n) is 8.57. The molecular formula is C18H21ClN2O5. The van der Waals surface area contributed by atoms with Gasteiger partial charge in [0.1, 0.15) is 5.75 Å². The number of carboxylic acids is 1. The molecule has 26 heavy (non-hydrogen) atoms. The molecule has 3 rings (SSSR count). The number of aliphatic carboxylic acids is 1. The van der Waals surface area contributed by atoms with Crippen LogP contribution in [0.3, 0.4) is 0 Å². The molecule has 0 radical (unpaired) electrons. The highest BCUT2D eigenvalue weighted by atomic mass is 35.5. The molecule has 1 aromatic carbocycles. The lowest BCUT2D eigenvalue weighted by Gasteiger charge is -2.21. The van der Waals surface area contributed by atoms with Crippen molar-refractivity contribution in [3.8, 4) is 5.75 Å². The summed E-state index contributed by atoms with van der Waals surface area (Å²) in [6, 6.07) is 4.61. The first-order chi connectivity index (χ1) is 12.4. The van der Waals surface area contributed by atoms with Crippen LogP contribution in [-0.4, -0.2) is 42.6 Å². The molecule has 1 saturated carbocycles. The summed E-state index contributed by atoms with van der Waals surface area (Å²) in [6.45, 7) is 0.214. The fraction of sp³-hybridized carbons (Fsp3) is 0.500. The number of methoxy groups -OCH3 is 1. The number of amides is 2. The minimum atomic E-state index is -0.888. The molecule has 0 bridgehead atoms. The second kappa shape index (κ2) is 7.53. The van der Waals surface area contributed by atoms with Crippen LogP contribution in [0.1, 0.15) is 25.7 Å². The van der Waals surface area contributed by atoms with Gasteiger partial charge in [-0.15, -0.1) is 0 Å². The molecule has 2 aliphatic rings. The molecule has 1 saturated heterocycles. The Morgan fingerprint density at radius 2 is 2.12 bits per heavy atom. The molecule has 1 aromatic rings. The second-order valence-electron chi connectivity index (χ2n) is 6.71. The summed E-state index contributed by atoms with van der Waals surface area (Å²) in [4.78, 5) is 37.8. The maximum absolute atomic E-state index is 12.6. The molecule has 140 valence electrons. The number of carbonyl (C=O) groups is 3. The Morgan fingerprint density at radius 1 is 1.35 bits per heavy atom. The average molecular weight is 381 g/mol. The zero-order valence-electron chi connectivity index (χ0n) is 14.4. The van der Waals surface area contributed by atoms with Gasteiger partial charge in [-0.1, -0.05) is 18.0 Å². The summed E-state index contributed by atoms with van der Waals surface area (Å²) in [7, 11) is 1.50. The van der Waals surface area contributed by atoms with Crippen LogP contribution in [0.2, 0.25) is 5.02 Å². The van der Waals surface area contributed by atoms with E-state index in [1.807, 2.05) is 0 Å². The van der Waals surface area contributed by atoms with Crippen molar-refractivity contribution < 1.29 is 24.2 Å². The Morgan fingerprint density at radius 3 is 2.81 bits per heavy atom. The summed E-state index contributed by atoms with van der Waals surface area (Å²) in [6.07, 6.45) is 2.06. The highest BCUT2D eigenvalue weighted by molar-refractivity contribution is 6.31. The molecule has 1 unspecified atom stereocenters. The number of nitrogens with one attached hydrogen (secondary N) is 1. The van der Waals surface area contributed by atoms with Crippen LogP contribution in [-0.2, 0) is 14.4 Å². The number of anilines is 1. The second-order valence-corrected chi connectivity index (χ2v) is 7.15. The zero-order valence-corrected chi connectivity index (χ0v) is 15.2. The van der Waals surface area contributed by atoms with E-state index < -0.39 is 17.8 Å². The van der Waals surface area contributed by atoms with Gasteiger partial charge < -0.3 is 20.1 Å². The van der Waals surface area contributed by atoms with Crippen molar-refractivity contribution in [1.29, 1.82) is 0 Å². The molecule has 2 fully saturated rings. The number of ether oxygens (including phenoxy) is 1. The van der Waals surface area contributed by atoms with E-state index in [4.69, 9.17) is 16.3 Å². The van der Waals surface area contributed by atoms with Gasteiger partial charge in [0.15, 0.2) is 0 Å². The lowest BCUT2D eigenvalue weighted by molar-refractivity contribution is -0.142. The molecule has 1 aliphatic carbocycles. The number of carboxylic acid groups (broad SMARTS) is 1. The largest absolute Gasteiger partial charge is 0.495 e. The van der Waals surface area contributed by atoms with E-state index in [9.17, 15) is 19.5 Å². The van der Waals surface area contributed by atoms with Crippen LogP contribution in [0.15, 0.2) is 18.2 Å². The van der Waals surface area contributed by atoms with E-state index in [1.54, 1.807) is 18.2 Å². The van der Waals surface area contributed by atoms with E-state index in [0.717, 1.165) is 6.42 Å². The van der Waals surface area contributed by atoms with E-state index in [2.05, 4.69) is 5.32 Å². The third kappa shape index (κ3) is 3.62. The van der Waals surface area contributed by atoms with Crippen LogP contribution in [0.4, 0.5) is 5.69 Å². The molecule has 8 heteroatoms. The predicted molar refractivity (Wildman–Crippen MR) is 95.4 cm³/mol. The van der Waals surface area contributed by atoms with Gasteiger partial charge in [0.05, 0.1) is 24.6 Å². The first kappa shape index (κ1) is 18.5. The third-order valence-corrected chi connectivity index (χ3v) is 5.32. The Kier molecular flexibility index (Phi) is 5.36. The number of benzene rings is 1. The number of rotatable bonds is 5. The maximum Gasteiger partial charge on any atom is 0.308 e. The van der Waals surface area contributed by atoms with Crippen molar-refractivity contribution in [3.63, 3.8) is 0 Å². The number of nitrogens with zero attached hydrogens (tertiary/aromatic N) is 1. The predicted octanol–water partition coefficient (Wildman–Crippen LogP) is 2.07. The topological polar surface area (TPSA) is 95.9 Å². The Balaban J connectivity index is 1.71. The lowest BCUT2D eigenvalue weighted by Crippen LogP contribution is -2.43. The Hall–Kier alpha value is -2.28. The van der Waals surface area contributed by atoms with Gasteiger partial charge in [-0.25, -0.2) is 0 Å². The average Bonchev–Trinajstić information content (AvgIpc) is 3.21. The van der Waals surface area contributed by atoms with Crippen molar-refractivity contribution in [3.05, 3.63) is 23.2 Å². The summed E-state index contributed by atoms with van der Waals surface area (Å²) in [5, 5.41) is 12.5. The zero-order chi connectivity index (χ0) is 18.8. The smallest absolute Gasteiger partial charge is 0.308 e. The minimum absolute atomic E-state index is 0.0754. The van der Waals surface area contributed by atoms with Crippen LogP contribution >= 0.6 is 11.6 Å². The first-order valence-corrected chi connectivity index (χ1v) is 8.95. The normalized spacial score (nSPS) is 25.4. The van der Waals surface area contributed by atoms with Gasteiger partial charge in [0, 0.05) is 24.0 Å². The lowest BCUT2D eigenvalue weighted by atomic mass is 10.0. The Labute approximate surface area is 156 Å². The van der Waals surface area contributed by atoms with E-state index >= 15 is 0 Å². The number of carbonyl (C=O) groups excluding carboxylic acids is 2. The summed E-state index contributed by atoms with van der Waals surface area (Å²) < 4.78 is 5.29. The SMILES string of the molecule is COc1ccc(Cl)cc1N1CC(C(=O)N[C@@H]2CCC[C@@H]2C(=O)O)CC1=O. The molecule has 2 N–H and O–H groups in total. The fourth-order valence-electron chi connectivity index (χ4n) is 3.72. The number of hydrogen-bond acceptors (Lipinski definition) is 4. The standard InChI is InChI=1S/C18H21ClN2O5/c1-26-15-6-5-11(19)8-14(15)21-9-10(7-16(21)22)17(23)20-13-4-2-3-12(13)18(24)25/h5-6,8,10,12-13H,2-4,7,9H2,1H3,(H,20,23)(H,24,25)/t10?,12-,13+/m0/s1. The molecule has 2 amide bonds. The van der Waals surface area contributed by atoms with Gasteiger partial charge in [0.25, 0.3) is 0 Å². The van der Waals surface area contributed by atoms with E-state index in [-0.39, 0.29) is 30.8 Å². The number of hydrogen-bond donors (Lipinski definition) is 2. The van der Waals surface area contributed by atoms with Gasteiger partial charge in [0.2, 0.25) is 11.8 Å². The van der Waals surface area contributed by atoms with Crippen molar-refractivity contribution in [2.24, 2.45) is 11.8 Å². The van der Waals surface area contributed by atoms with Crippen LogP contribution in [0.25, 0.3) is 0 Å². The van der Waals surface area contributed by atoms with E-state index in [1.165, 1.54) is 12.0 Å². The molecule has 0 aromatic heterocycles. The quantitative estimate of drug-likeness (QED) is 0.815. The summed E-state index contributed by atoms with van der Waals surface area (Å²) >= 11 is 6.03. The molecule has 3 atom stereocenters. The molecular weight excluding hydrogens is 360 g/mol. The van der Waals surface area contributed by atoms with E-state index in [0.29, 0.717) is 29.3 Å². The monoisotopic (exact) mass is 380 g/mol. The van der Waals surface area contributed by atoms with Crippen LogP contribution < -0.4 is 15.0 Å². The van der Waals surface area contributed by atoms with Crippen molar-refractivity contribution in [2.45, 2.75) is 31.7 Å². The highest BCUT2D eigenvalue weighted by Gasteiger charge is 2.39. The minimum Gasteiger partial charge on any atom is -0.495 e. The summed E-state index contributed by atoms with van der Waals surface area (Å²) in [5.41, 5.74) is 0.532. The highest BCUT2D eigenvalue weighted by Crippen LogP contribution is 2.35. The molecule has 1 heterocycles. The van der Waals surface area contributed by atoms with Crippen LogP contribution in [0, 0.1) is 11.8 Å². The van der Waals surface area contributed by atoms with Crippen LogP contribution in [0.5, 0.6) is 5.75 Å². The number of halogens is 1. The van der Waals surface area contributed by atoms with Gasteiger partial charge in [-0.2, -0.15) is 0 Å². The van der Waals surface area contributed by atoms with Gasteiger partial charge >= 0.3 is 5.97 Å². The molecule has 1 aliphatic heterocycles. The summed E-state index contributed by atoms with van der Waals surface area (Å²) in [5.74, 6) is -1.93. The van der Waals surface area contributed by atoms with Crippen molar-refractivity contribution in [2.75, 3.05) is 18.6 Å². The van der Waals surface area contributed by atoms with Gasteiger partial charge in [-0.3, -0.25) is 14.4 Å². The maximum atomic E-state index is 12.6.